The van der Waals surface area contributed by atoms with E-state index < -0.39 is 8.32 Å². The van der Waals surface area contributed by atoms with Crippen molar-refractivity contribution in [3.63, 3.8) is 0 Å². The van der Waals surface area contributed by atoms with Crippen LogP contribution in [0.25, 0.3) is 0 Å². The molecule has 3 nitrogen and oxygen atoms in total. The first-order chi connectivity index (χ1) is 8.47. The molecule has 4 heteroatoms. The molecule has 0 aromatic rings. The summed E-state index contributed by atoms with van der Waals surface area (Å²) in [7, 11) is -1.81. The van der Waals surface area contributed by atoms with E-state index in [1.165, 1.54) is 0 Å². The largest absolute Gasteiger partial charge is 0.417 e. The molecule has 0 N–H and O–H groups in total. The SMILES string of the molecule is CC(=O)[C@H]1CC(=O)[C@H](C)[C@H]1CO[Si](C)(C)C(C)(C)C. The van der Waals surface area contributed by atoms with Crippen LogP contribution < -0.4 is 0 Å². The van der Waals surface area contributed by atoms with Crippen LogP contribution in [0.3, 0.4) is 0 Å². The maximum Gasteiger partial charge on any atom is 0.191 e. The van der Waals surface area contributed by atoms with E-state index >= 15 is 0 Å². The van der Waals surface area contributed by atoms with Crippen LogP contribution in [0.5, 0.6) is 0 Å². The summed E-state index contributed by atoms with van der Waals surface area (Å²) >= 11 is 0. The van der Waals surface area contributed by atoms with Gasteiger partial charge in [-0.15, -0.1) is 0 Å². The normalized spacial score (nSPS) is 28.8. The summed E-state index contributed by atoms with van der Waals surface area (Å²) in [5.41, 5.74) is 0. The highest BCUT2D eigenvalue weighted by molar-refractivity contribution is 6.74. The molecular formula is C15H28O3Si. The first-order valence-corrected chi connectivity index (χ1v) is 10.1. The maximum absolute atomic E-state index is 11.8. The van der Waals surface area contributed by atoms with Gasteiger partial charge in [0.1, 0.15) is 11.6 Å². The Kier molecular flexibility index (Phi) is 4.78. The van der Waals surface area contributed by atoms with Crippen molar-refractivity contribution in [1.82, 2.24) is 0 Å². The molecular weight excluding hydrogens is 256 g/mol. The van der Waals surface area contributed by atoms with Gasteiger partial charge in [-0.25, -0.2) is 0 Å². The van der Waals surface area contributed by atoms with Crippen LogP contribution in [0.15, 0.2) is 0 Å². The Bertz CT molecular complexity index is 368. The van der Waals surface area contributed by atoms with Gasteiger partial charge >= 0.3 is 0 Å². The molecule has 19 heavy (non-hydrogen) atoms. The molecule has 0 heterocycles. The molecule has 1 rings (SSSR count). The van der Waals surface area contributed by atoms with Crippen molar-refractivity contribution in [3.05, 3.63) is 0 Å². The molecule has 0 aromatic heterocycles. The van der Waals surface area contributed by atoms with Crippen LogP contribution in [0.4, 0.5) is 0 Å². The van der Waals surface area contributed by atoms with Gasteiger partial charge < -0.3 is 4.43 Å². The summed E-state index contributed by atoms with van der Waals surface area (Å²) < 4.78 is 6.21. The van der Waals surface area contributed by atoms with Crippen molar-refractivity contribution >= 4 is 19.9 Å². The van der Waals surface area contributed by atoms with Gasteiger partial charge in [0.25, 0.3) is 0 Å². The van der Waals surface area contributed by atoms with Crippen molar-refractivity contribution in [2.75, 3.05) is 6.61 Å². The number of hydrogen-bond donors (Lipinski definition) is 0. The van der Waals surface area contributed by atoms with Gasteiger partial charge in [0.15, 0.2) is 8.32 Å². The monoisotopic (exact) mass is 284 g/mol. The molecule has 1 aliphatic carbocycles. The molecule has 0 saturated heterocycles. The van der Waals surface area contributed by atoms with E-state index in [0.717, 1.165) is 0 Å². The molecule has 1 aliphatic rings. The summed E-state index contributed by atoms with van der Waals surface area (Å²) in [6.45, 7) is 15.1. The molecule has 1 saturated carbocycles. The Hall–Kier alpha value is -0.483. The zero-order valence-corrected chi connectivity index (χ0v) is 14.4. The molecule has 0 aliphatic heterocycles. The van der Waals surface area contributed by atoms with Crippen molar-refractivity contribution in [1.29, 1.82) is 0 Å². The standard InChI is InChI=1S/C15H28O3Si/c1-10-13(12(11(2)16)8-14(10)17)9-18-19(6,7)15(3,4)5/h10,12-13H,8-9H2,1-7H3/t10-,12-,13-/m1/s1. The molecule has 3 atom stereocenters. The lowest BCUT2D eigenvalue weighted by Crippen LogP contribution is -2.43. The minimum Gasteiger partial charge on any atom is -0.417 e. The van der Waals surface area contributed by atoms with Gasteiger partial charge in [-0.1, -0.05) is 27.7 Å². The van der Waals surface area contributed by atoms with Crippen molar-refractivity contribution in [2.24, 2.45) is 17.8 Å². The molecule has 0 amide bonds. The highest BCUT2D eigenvalue weighted by Gasteiger charge is 2.44. The quantitative estimate of drug-likeness (QED) is 0.743. The second-order valence-electron chi connectivity index (χ2n) is 7.41. The zero-order valence-electron chi connectivity index (χ0n) is 13.4. The second kappa shape index (κ2) is 5.48. The number of carbonyl (C=O) groups excluding carboxylic acids is 2. The molecule has 1 fully saturated rings. The fourth-order valence-electron chi connectivity index (χ4n) is 2.37. The van der Waals surface area contributed by atoms with Crippen LogP contribution in [0.1, 0.15) is 41.0 Å². The smallest absolute Gasteiger partial charge is 0.191 e. The summed E-state index contributed by atoms with van der Waals surface area (Å²) in [6.07, 6.45) is 0.405. The second-order valence-corrected chi connectivity index (χ2v) is 12.2. The fraction of sp³-hybridized carbons (Fsp3) is 0.867. The minimum absolute atomic E-state index is 0.0429. The Morgan fingerprint density at radius 3 is 2.32 bits per heavy atom. The molecule has 0 radical (unpaired) electrons. The molecule has 0 spiro atoms. The Balaban J connectivity index is 2.75. The molecule has 0 bridgehead atoms. The highest BCUT2D eigenvalue weighted by Crippen LogP contribution is 2.40. The van der Waals surface area contributed by atoms with Crippen LogP contribution in [0.2, 0.25) is 18.1 Å². The summed E-state index contributed by atoms with van der Waals surface area (Å²) in [4.78, 5) is 23.5. The fourth-order valence-corrected chi connectivity index (χ4v) is 3.41. The average Bonchev–Trinajstić information content (AvgIpc) is 2.51. The Morgan fingerprint density at radius 2 is 1.89 bits per heavy atom. The molecule has 0 aromatic carbocycles. The number of hydrogen-bond acceptors (Lipinski definition) is 3. The van der Waals surface area contributed by atoms with E-state index in [-0.39, 0.29) is 34.4 Å². The van der Waals surface area contributed by atoms with E-state index in [1.807, 2.05) is 6.92 Å². The van der Waals surface area contributed by atoms with Gasteiger partial charge in [-0.05, 0) is 25.1 Å². The lowest BCUT2D eigenvalue weighted by Gasteiger charge is -2.37. The number of rotatable bonds is 4. The van der Waals surface area contributed by atoms with Gasteiger partial charge in [0.05, 0.1) is 0 Å². The molecule has 110 valence electrons. The van der Waals surface area contributed by atoms with Crippen molar-refractivity contribution in [3.8, 4) is 0 Å². The summed E-state index contributed by atoms with van der Waals surface area (Å²) in [6, 6.07) is 0. The van der Waals surface area contributed by atoms with E-state index in [2.05, 4.69) is 33.9 Å². The predicted octanol–water partition coefficient (Wildman–Crippen LogP) is 3.44. The van der Waals surface area contributed by atoms with Crippen LogP contribution in [-0.4, -0.2) is 26.5 Å². The summed E-state index contributed by atoms with van der Waals surface area (Å²) in [5, 5.41) is 0.157. The molecule has 0 unspecified atom stereocenters. The van der Waals surface area contributed by atoms with Crippen LogP contribution in [-0.2, 0) is 14.0 Å². The third-order valence-corrected chi connectivity index (χ3v) is 9.55. The predicted molar refractivity (Wildman–Crippen MR) is 79.6 cm³/mol. The highest BCUT2D eigenvalue weighted by atomic mass is 28.4. The first-order valence-electron chi connectivity index (χ1n) is 7.14. The number of carbonyl (C=O) groups is 2. The topological polar surface area (TPSA) is 43.4 Å². The maximum atomic E-state index is 11.8. The summed E-state index contributed by atoms with van der Waals surface area (Å²) in [5.74, 6) is 0.232. The van der Waals surface area contributed by atoms with E-state index in [4.69, 9.17) is 4.43 Å². The van der Waals surface area contributed by atoms with Gasteiger partial charge in [-0.3, -0.25) is 9.59 Å². The van der Waals surface area contributed by atoms with E-state index in [0.29, 0.717) is 13.0 Å². The third kappa shape index (κ3) is 3.54. The number of ketones is 2. The lowest BCUT2D eigenvalue weighted by molar-refractivity contribution is -0.124. The van der Waals surface area contributed by atoms with Gasteiger partial charge in [0.2, 0.25) is 0 Å². The Morgan fingerprint density at radius 1 is 1.37 bits per heavy atom. The van der Waals surface area contributed by atoms with Crippen LogP contribution in [0, 0.1) is 17.8 Å². The van der Waals surface area contributed by atoms with Crippen molar-refractivity contribution in [2.45, 2.75) is 59.2 Å². The van der Waals surface area contributed by atoms with Gasteiger partial charge in [0, 0.05) is 30.8 Å². The third-order valence-electron chi connectivity index (χ3n) is 5.05. The zero-order chi connectivity index (χ0) is 15.0. The Labute approximate surface area is 118 Å². The van der Waals surface area contributed by atoms with Crippen LogP contribution >= 0.6 is 0 Å². The van der Waals surface area contributed by atoms with E-state index in [9.17, 15) is 9.59 Å². The lowest BCUT2D eigenvalue weighted by atomic mass is 9.89. The minimum atomic E-state index is -1.81. The van der Waals surface area contributed by atoms with Gasteiger partial charge in [-0.2, -0.15) is 0 Å². The van der Waals surface area contributed by atoms with E-state index in [1.54, 1.807) is 6.92 Å². The van der Waals surface area contributed by atoms with Crippen molar-refractivity contribution < 1.29 is 14.0 Å². The number of Topliss-reactive ketones (excluding diaryl/α,β-unsaturated/α-hetero) is 2. The average molecular weight is 284 g/mol. The first kappa shape index (κ1) is 16.6.